The van der Waals surface area contributed by atoms with Crippen molar-refractivity contribution in [3.05, 3.63) is 58.7 Å². The lowest BCUT2D eigenvalue weighted by molar-refractivity contribution is 0.100. The molecule has 0 bridgehead atoms. The van der Waals surface area contributed by atoms with Crippen molar-refractivity contribution in [2.75, 3.05) is 17.7 Å². The van der Waals surface area contributed by atoms with Gasteiger partial charge < -0.3 is 26.2 Å². The number of nitrogens with zero attached hydrogens (tertiary/aromatic N) is 1. The predicted octanol–water partition coefficient (Wildman–Crippen LogP) is 3.82. The molecule has 1 aromatic heterocycles. The molecule has 1 amide bonds. The molecule has 0 aliphatic rings. The fourth-order valence-corrected chi connectivity index (χ4v) is 3.52. The van der Waals surface area contributed by atoms with Crippen LogP contribution < -0.4 is 21.1 Å². The van der Waals surface area contributed by atoms with Gasteiger partial charge in [0.15, 0.2) is 5.82 Å². The average Bonchev–Trinajstić information content (AvgIpc) is 3.12. The van der Waals surface area contributed by atoms with Crippen molar-refractivity contribution in [2.24, 2.45) is 5.73 Å². The van der Waals surface area contributed by atoms with Crippen molar-refractivity contribution in [3.8, 4) is 11.5 Å². The molecule has 8 nitrogen and oxygen atoms in total. The van der Waals surface area contributed by atoms with Crippen LogP contribution in [0.4, 0.5) is 17.3 Å². The molecule has 152 valence electrons. The number of carbonyl (C=O) groups excluding carboxylic acids is 1. The Labute approximate surface area is 182 Å². The third-order valence-corrected chi connectivity index (χ3v) is 5.24. The number of amides is 1. The molecule has 3 aromatic rings. The summed E-state index contributed by atoms with van der Waals surface area (Å²) in [6.07, 6.45) is 0. The first-order valence-electron chi connectivity index (χ1n) is 8.83. The first-order valence-corrected chi connectivity index (χ1v) is 10.4. The van der Waals surface area contributed by atoms with E-state index < -0.39 is 5.91 Å². The third-order valence-electron chi connectivity index (χ3n) is 4.42. The molecule has 0 aliphatic heterocycles. The number of aryl methyl sites for hydroxylation is 1. The number of aromatic hydroxyl groups is 1. The zero-order chi connectivity index (χ0) is 21.0. The number of methoxy groups -OCH3 is 1. The van der Waals surface area contributed by atoms with Crippen LogP contribution in [0.1, 0.15) is 27.0 Å². The van der Waals surface area contributed by atoms with E-state index in [9.17, 15) is 9.90 Å². The molecule has 9 heteroatoms. The lowest BCUT2D eigenvalue weighted by Gasteiger charge is -2.11. The van der Waals surface area contributed by atoms with E-state index in [2.05, 4.69) is 43.4 Å². The fourth-order valence-electron chi connectivity index (χ4n) is 2.94. The summed E-state index contributed by atoms with van der Waals surface area (Å²) >= 11 is 2.21. The molecule has 29 heavy (non-hydrogen) atoms. The average molecular weight is 507 g/mol. The van der Waals surface area contributed by atoms with Crippen LogP contribution in [0.3, 0.4) is 0 Å². The number of hydrogen-bond donors (Lipinski definition) is 5. The molecule has 3 rings (SSSR count). The van der Waals surface area contributed by atoms with E-state index in [0.29, 0.717) is 28.4 Å². The van der Waals surface area contributed by atoms with Gasteiger partial charge in [-0.3, -0.25) is 9.89 Å². The lowest BCUT2D eigenvalue weighted by atomic mass is 10.1. The minimum Gasteiger partial charge on any atom is -0.507 e. The number of phenols is 1. The second kappa shape index (κ2) is 9.03. The summed E-state index contributed by atoms with van der Waals surface area (Å²) in [6.45, 7) is 2.28. The van der Waals surface area contributed by atoms with Gasteiger partial charge in [-0.05, 0) is 48.4 Å². The summed E-state index contributed by atoms with van der Waals surface area (Å²) in [7, 11) is 1.60. The fraction of sp³-hybridized carbons (Fsp3) is 0.200. The molecular weight excluding hydrogens is 485 g/mol. The number of hydrogen-bond acceptors (Lipinski definition) is 6. The first-order chi connectivity index (χ1) is 13.9. The monoisotopic (exact) mass is 507 g/mol. The van der Waals surface area contributed by atoms with Crippen molar-refractivity contribution in [1.29, 1.82) is 0 Å². The molecule has 0 saturated carbocycles. The molecular formula is C20H22IN5O3. The van der Waals surface area contributed by atoms with Crippen LogP contribution >= 0.6 is 22.6 Å². The summed E-state index contributed by atoms with van der Waals surface area (Å²) < 4.78 is 5.84. The highest BCUT2D eigenvalue weighted by Gasteiger charge is 2.19. The minimum absolute atomic E-state index is 0.241. The number of phenolic OH excluding ortho intramolecular Hbond substituents is 1. The maximum absolute atomic E-state index is 12.0. The number of aromatic amines is 1. The Kier molecular flexibility index (Phi) is 6.47. The van der Waals surface area contributed by atoms with Crippen LogP contribution in [0.2, 0.25) is 0 Å². The number of H-pyrrole nitrogens is 1. The molecule has 1 heterocycles. The van der Waals surface area contributed by atoms with Crippen LogP contribution in [0.15, 0.2) is 36.4 Å². The largest absolute Gasteiger partial charge is 0.507 e. The molecule has 0 saturated heterocycles. The van der Waals surface area contributed by atoms with E-state index in [1.807, 2.05) is 31.2 Å². The summed E-state index contributed by atoms with van der Waals surface area (Å²) in [5.74, 6) is 1.20. The normalized spacial score (nSPS) is 10.6. The number of alkyl halides is 1. The number of primary amides is 1. The van der Waals surface area contributed by atoms with Gasteiger partial charge >= 0.3 is 0 Å². The Bertz CT molecular complexity index is 1020. The number of nitrogens with two attached hydrogens (primary N) is 1. The molecule has 2 aromatic carbocycles. The van der Waals surface area contributed by atoms with Crippen LogP contribution in [-0.2, 0) is 11.0 Å². The quantitative estimate of drug-likeness (QED) is 0.233. The van der Waals surface area contributed by atoms with Crippen LogP contribution in [0.25, 0.3) is 0 Å². The number of nitrogens with one attached hydrogen (secondary N) is 3. The van der Waals surface area contributed by atoms with E-state index >= 15 is 0 Å². The van der Waals surface area contributed by atoms with Crippen LogP contribution in [-0.4, -0.2) is 28.3 Å². The smallest absolute Gasteiger partial charge is 0.256 e. The summed E-state index contributed by atoms with van der Waals surface area (Å²) in [5.41, 5.74) is 9.21. The van der Waals surface area contributed by atoms with Gasteiger partial charge in [-0.1, -0.05) is 28.7 Å². The predicted molar refractivity (Wildman–Crippen MR) is 121 cm³/mol. The number of carbonyl (C=O) groups is 1. The lowest BCUT2D eigenvalue weighted by Crippen LogP contribution is -2.15. The summed E-state index contributed by atoms with van der Waals surface area (Å²) in [6, 6.07) is 11.1. The zero-order valence-corrected chi connectivity index (χ0v) is 18.2. The Morgan fingerprint density at radius 3 is 2.66 bits per heavy atom. The SMILES string of the molecule is COc1ccc(Nc2[nH]nc(NCc3cc(C)c(O)c(CI)c3)c2C(N)=O)cc1. The van der Waals surface area contributed by atoms with Gasteiger partial charge in [-0.25, -0.2) is 0 Å². The van der Waals surface area contributed by atoms with Gasteiger partial charge in [0.2, 0.25) is 0 Å². The summed E-state index contributed by atoms with van der Waals surface area (Å²) in [5, 5.41) is 23.3. The maximum atomic E-state index is 12.0. The number of halogens is 1. The molecule has 0 radical (unpaired) electrons. The van der Waals surface area contributed by atoms with Gasteiger partial charge in [0.25, 0.3) is 5.91 Å². The second-order valence-corrected chi connectivity index (χ2v) is 7.21. The number of ether oxygens (including phenoxy) is 1. The zero-order valence-electron chi connectivity index (χ0n) is 16.0. The maximum Gasteiger partial charge on any atom is 0.256 e. The van der Waals surface area contributed by atoms with Gasteiger partial charge in [0.05, 0.1) is 7.11 Å². The first kappa shape index (κ1) is 20.8. The van der Waals surface area contributed by atoms with Crippen molar-refractivity contribution in [2.45, 2.75) is 17.9 Å². The Morgan fingerprint density at radius 1 is 1.31 bits per heavy atom. The van der Waals surface area contributed by atoms with E-state index in [-0.39, 0.29) is 5.56 Å². The number of rotatable bonds is 8. The number of anilines is 3. The molecule has 0 spiro atoms. The Balaban J connectivity index is 1.80. The highest BCUT2D eigenvalue weighted by Crippen LogP contribution is 2.28. The van der Waals surface area contributed by atoms with E-state index in [1.165, 1.54) is 0 Å². The molecule has 0 aliphatic carbocycles. The third kappa shape index (κ3) is 4.73. The van der Waals surface area contributed by atoms with Gasteiger partial charge in [0, 0.05) is 22.2 Å². The Hall–Kier alpha value is -2.95. The van der Waals surface area contributed by atoms with Crippen molar-refractivity contribution in [1.82, 2.24) is 10.2 Å². The Morgan fingerprint density at radius 2 is 2.03 bits per heavy atom. The van der Waals surface area contributed by atoms with Gasteiger partial charge in [0.1, 0.15) is 22.9 Å². The molecule has 6 N–H and O–H groups in total. The van der Waals surface area contributed by atoms with Crippen molar-refractivity contribution < 1.29 is 14.6 Å². The number of benzene rings is 2. The van der Waals surface area contributed by atoms with Crippen molar-refractivity contribution >= 4 is 45.8 Å². The van der Waals surface area contributed by atoms with Crippen LogP contribution in [0, 0.1) is 6.92 Å². The molecule has 0 fully saturated rings. The van der Waals surface area contributed by atoms with Crippen molar-refractivity contribution in [3.63, 3.8) is 0 Å². The van der Waals surface area contributed by atoms with E-state index in [4.69, 9.17) is 10.5 Å². The van der Waals surface area contributed by atoms with Gasteiger partial charge in [-0.2, -0.15) is 5.10 Å². The molecule has 0 atom stereocenters. The minimum atomic E-state index is -0.605. The highest BCUT2D eigenvalue weighted by atomic mass is 127. The molecule has 0 unspecified atom stereocenters. The second-order valence-electron chi connectivity index (χ2n) is 6.45. The summed E-state index contributed by atoms with van der Waals surface area (Å²) in [4.78, 5) is 12.0. The van der Waals surface area contributed by atoms with E-state index in [0.717, 1.165) is 28.1 Å². The van der Waals surface area contributed by atoms with Gasteiger partial charge in [-0.15, -0.1) is 0 Å². The van der Waals surface area contributed by atoms with E-state index in [1.54, 1.807) is 19.2 Å². The highest BCUT2D eigenvalue weighted by molar-refractivity contribution is 14.1. The van der Waals surface area contributed by atoms with Crippen LogP contribution in [0.5, 0.6) is 11.5 Å². The number of aromatic nitrogens is 2. The topological polar surface area (TPSA) is 125 Å². The standard InChI is InChI=1S/C20H22IN5O3/c1-11-7-12(8-13(9-21)17(11)27)10-23-19-16(18(22)28)20(26-25-19)24-14-3-5-15(29-2)6-4-14/h3-8,27H,9-10H2,1-2H3,(H2,22,28)(H3,23,24,25,26).